The number of benzene rings is 1. The highest BCUT2D eigenvalue weighted by molar-refractivity contribution is 5.35. The summed E-state index contributed by atoms with van der Waals surface area (Å²) in [6, 6.07) is 9.12. The number of unbranched alkanes of at least 4 members (excludes halogenated alkanes) is 2. The van der Waals surface area contributed by atoms with E-state index in [-0.39, 0.29) is 0 Å². The van der Waals surface area contributed by atoms with Gasteiger partial charge in [-0.05, 0) is 26.3 Å². The monoisotopic (exact) mass is 249 g/mol. The predicted molar refractivity (Wildman–Crippen MR) is 78.1 cm³/mol. The van der Waals surface area contributed by atoms with E-state index in [0.29, 0.717) is 12.1 Å². The lowest BCUT2D eigenvalue weighted by Gasteiger charge is -2.22. The van der Waals surface area contributed by atoms with Crippen molar-refractivity contribution in [3.63, 3.8) is 0 Å². The molecule has 2 nitrogen and oxygen atoms in total. The van der Waals surface area contributed by atoms with Gasteiger partial charge in [-0.2, -0.15) is 0 Å². The lowest BCUT2D eigenvalue weighted by atomic mass is 10.0. The molecule has 0 radical (unpaired) electrons. The Bertz CT molecular complexity index is 338. The highest BCUT2D eigenvalue weighted by Crippen LogP contribution is 2.24. The molecule has 0 heterocycles. The van der Waals surface area contributed by atoms with E-state index in [0.717, 1.165) is 5.75 Å². The van der Waals surface area contributed by atoms with Gasteiger partial charge in [-0.15, -0.1) is 0 Å². The smallest absolute Gasteiger partial charge is 0.123 e. The van der Waals surface area contributed by atoms with Crippen molar-refractivity contribution >= 4 is 0 Å². The summed E-state index contributed by atoms with van der Waals surface area (Å²) in [4.78, 5) is 0. The van der Waals surface area contributed by atoms with Crippen LogP contribution in [0.5, 0.6) is 5.75 Å². The van der Waals surface area contributed by atoms with Gasteiger partial charge in [-0.1, -0.05) is 44.4 Å². The number of nitrogens with one attached hydrogen (secondary N) is 1. The molecule has 1 unspecified atom stereocenters. The second-order valence-corrected chi connectivity index (χ2v) is 5.03. The van der Waals surface area contributed by atoms with Gasteiger partial charge in [0.1, 0.15) is 5.75 Å². The fourth-order valence-electron chi connectivity index (χ4n) is 2.32. The fraction of sp³-hybridized carbons (Fsp3) is 0.625. The van der Waals surface area contributed by atoms with E-state index in [1.54, 1.807) is 7.11 Å². The average molecular weight is 249 g/mol. The molecule has 18 heavy (non-hydrogen) atoms. The van der Waals surface area contributed by atoms with Crippen LogP contribution in [0.4, 0.5) is 0 Å². The molecule has 1 aromatic rings. The molecule has 0 fully saturated rings. The van der Waals surface area contributed by atoms with Crippen molar-refractivity contribution in [2.24, 2.45) is 0 Å². The molecule has 0 aliphatic rings. The van der Waals surface area contributed by atoms with Gasteiger partial charge in [0.15, 0.2) is 0 Å². The Labute approximate surface area is 112 Å². The van der Waals surface area contributed by atoms with E-state index in [1.807, 2.05) is 12.1 Å². The van der Waals surface area contributed by atoms with Crippen LogP contribution in [0, 0.1) is 0 Å². The zero-order valence-corrected chi connectivity index (χ0v) is 12.2. The van der Waals surface area contributed by atoms with Crippen LogP contribution in [0.15, 0.2) is 24.3 Å². The molecule has 0 aliphatic heterocycles. The summed E-state index contributed by atoms with van der Waals surface area (Å²) in [5.74, 6) is 0.971. The molecular weight excluding hydrogens is 222 g/mol. The van der Waals surface area contributed by atoms with Gasteiger partial charge in [0.2, 0.25) is 0 Å². The van der Waals surface area contributed by atoms with Crippen LogP contribution < -0.4 is 10.1 Å². The minimum atomic E-state index is 0.331. The highest BCUT2D eigenvalue weighted by Gasteiger charge is 2.12. The molecule has 0 saturated heterocycles. The maximum atomic E-state index is 5.41. The number of rotatable bonds is 8. The Morgan fingerprint density at radius 3 is 2.56 bits per heavy atom. The van der Waals surface area contributed by atoms with Gasteiger partial charge >= 0.3 is 0 Å². The van der Waals surface area contributed by atoms with Crippen LogP contribution in [-0.4, -0.2) is 13.2 Å². The van der Waals surface area contributed by atoms with Crippen molar-refractivity contribution in [2.75, 3.05) is 7.11 Å². The largest absolute Gasteiger partial charge is 0.496 e. The summed E-state index contributed by atoms with van der Waals surface area (Å²) in [6.07, 6.45) is 5.17. The molecule has 2 heteroatoms. The molecule has 0 saturated carbocycles. The van der Waals surface area contributed by atoms with Gasteiger partial charge in [-0.25, -0.2) is 0 Å². The molecule has 0 spiro atoms. The zero-order chi connectivity index (χ0) is 13.4. The summed E-state index contributed by atoms with van der Waals surface area (Å²) in [6.45, 7) is 6.71. The molecular formula is C16H27NO. The third-order valence-electron chi connectivity index (χ3n) is 3.38. The third kappa shape index (κ3) is 4.69. The molecule has 1 rings (SSSR count). The first-order chi connectivity index (χ1) is 8.69. The quantitative estimate of drug-likeness (QED) is 0.693. The van der Waals surface area contributed by atoms with Crippen LogP contribution in [0.3, 0.4) is 0 Å². The molecule has 1 aromatic carbocycles. The lowest BCUT2D eigenvalue weighted by molar-refractivity contribution is 0.390. The van der Waals surface area contributed by atoms with Crippen molar-refractivity contribution < 1.29 is 4.74 Å². The van der Waals surface area contributed by atoms with E-state index >= 15 is 0 Å². The second kappa shape index (κ2) is 8.15. The standard InChI is InChI=1S/C16H27NO/c1-5-6-7-10-13(2)17-14(3)15-11-8-9-12-16(15)18-4/h8-9,11-14,17H,5-7,10H2,1-4H3/t13?,14-/m1/s1. The summed E-state index contributed by atoms with van der Waals surface area (Å²) in [5, 5.41) is 3.65. The first-order valence-electron chi connectivity index (χ1n) is 7.08. The predicted octanol–water partition coefficient (Wildman–Crippen LogP) is 4.31. The van der Waals surface area contributed by atoms with Gasteiger partial charge in [0.25, 0.3) is 0 Å². The minimum Gasteiger partial charge on any atom is -0.496 e. The molecule has 2 atom stereocenters. The van der Waals surface area contributed by atoms with E-state index in [4.69, 9.17) is 4.74 Å². The maximum absolute atomic E-state index is 5.41. The Balaban J connectivity index is 2.51. The Hall–Kier alpha value is -1.02. The van der Waals surface area contributed by atoms with Gasteiger partial charge < -0.3 is 10.1 Å². The highest BCUT2D eigenvalue weighted by atomic mass is 16.5. The number of hydrogen-bond acceptors (Lipinski definition) is 2. The molecule has 0 bridgehead atoms. The molecule has 0 aromatic heterocycles. The van der Waals surface area contributed by atoms with Crippen molar-refractivity contribution in [1.82, 2.24) is 5.32 Å². The van der Waals surface area contributed by atoms with Crippen LogP contribution in [-0.2, 0) is 0 Å². The summed E-state index contributed by atoms with van der Waals surface area (Å²) >= 11 is 0. The Morgan fingerprint density at radius 1 is 1.17 bits per heavy atom. The summed E-state index contributed by atoms with van der Waals surface area (Å²) in [5.41, 5.74) is 1.24. The Morgan fingerprint density at radius 2 is 1.89 bits per heavy atom. The van der Waals surface area contributed by atoms with Gasteiger partial charge in [-0.3, -0.25) is 0 Å². The van der Waals surface area contributed by atoms with Crippen LogP contribution in [0.2, 0.25) is 0 Å². The lowest BCUT2D eigenvalue weighted by Crippen LogP contribution is -2.29. The van der Waals surface area contributed by atoms with Gasteiger partial charge in [0, 0.05) is 17.6 Å². The van der Waals surface area contributed by atoms with Crippen molar-refractivity contribution in [2.45, 2.75) is 58.5 Å². The van der Waals surface area contributed by atoms with E-state index in [1.165, 1.54) is 31.2 Å². The average Bonchev–Trinajstić information content (AvgIpc) is 2.39. The molecule has 1 N–H and O–H groups in total. The maximum Gasteiger partial charge on any atom is 0.123 e. The van der Waals surface area contributed by atoms with E-state index in [2.05, 4.69) is 38.2 Å². The number of para-hydroxylation sites is 1. The topological polar surface area (TPSA) is 21.3 Å². The van der Waals surface area contributed by atoms with Crippen LogP contribution in [0.25, 0.3) is 0 Å². The van der Waals surface area contributed by atoms with Crippen LogP contribution >= 0.6 is 0 Å². The number of hydrogen-bond donors (Lipinski definition) is 1. The van der Waals surface area contributed by atoms with Crippen molar-refractivity contribution in [3.05, 3.63) is 29.8 Å². The fourth-order valence-corrected chi connectivity index (χ4v) is 2.32. The SMILES string of the molecule is CCCCCC(C)N[C@H](C)c1ccccc1OC. The zero-order valence-electron chi connectivity index (χ0n) is 12.2. The van der Waals surface area contributed by atoms with Gasteiger partial charge in [0.05, 0.1) is 7.11 Å². The molecule has 0 aliphatic carbocycles. The van der Waals surface area contributed by atoms with Crippen LogP contribution in [0.1, 0.15) is 58.1 Å². The first kappa shape index (κ1) is 15.0. The number of methoxy groups -OCH3 is 1. The normalized spacial score (nSPS) is 14.2. The molecule has 0 amide bonds. The number of ether oxygens (including phenoxy) is 1. The van der Waals surface area contributed by atoms with E-state index in [9.17, 15) is 0 Å². The minimum absolute atomic E-state index is 0.331. The van der Waals surface area contributed by atoms with E-state index < -0.39 is 0 Å². The Kier molecular flexibility index (Phi) is 6.81. The summed E-state index contributed by atoms with van der Waals surface area (Å²) in [7, 11) is 1.73. The third-order valence-corrected chi connectivity index (χ3v) is 3.38. The van der Waals surface area contributed by atoms with Crippen molar-refractivity contribution in [1.29, 1.82) is 0 Å². The second-order valence-electron chi connectivity index (χ2n) is 5.03. The first-order valence-corrected chi connectivity index (χ1v) is 7.08. The summed E-state index contributed by atoms with van der Waals surface area (Å²) < 4.78 is 5.41. The molecule has 102 valence electrons. The van der Waals surface area contributed by atoms with Crippen molar-refractivity contribution in [3.8, 4) is 5.75 Å².